The Hall–Kier alpha value is -1.91. The number of nitrogen functional groups attached to an aromatic ring is 1. The van der Waals surface area contributed by atoms with Gasteiger partial charge in [-0.1, -0.05) is 0 Å². The van der Waals surface area contributed by atoms with Gasteiger partial charge >= 0.3 is 0 Å². The molecular weight excluding hydrogens is 180 g/mol. The first kappa shape index (κ1) is 8.68. The highest BCUT2D eigenvalue weighted by atomic mass is 16.4. The Morgan fingerprint density at radius 1 is 1.21 bits per heavy atom. The van der Waals surface area contributed by atoms with E-state index in [0.717, 1.165) is 11.5 Å². The molecule has 2 aromatic heterocycles. The van der Waals surface area contributed by atoms with Crippen LogP contribution in [-0.2, 0) is 0 Å². The molecule has 14 heavy (non-hydrogen) atoms. The Kier molecular flexibility index (Phi) is 1.92. The average molecular weight is 190 g/mol. The molecule has 2 heterocycles. The molecule has 0 amide bonds. The summed E-state index contributed by atoms with van der Waals surface area (Å²) in [6.07, 6.45) is 3.02. The predicted molar refractivity (Wildman–Crippen MR) is 51.4 cm³/mol. The number of anilines is 1. The number of rotatable bonds is 1. The molecule has 5 heteroatoms. The summed E-state index contributed by atoms with van der Waals surface area (Å²) < 4.78 is 5.42. The summed E-state index contributed by atoms with van der Waals surface area (Å²) >= 11 is 0. The SMILES string of the molecule is Cc1nc(-c2cnncc2N)oc1C. The highest BCUT2D eigenvalue weighted by Crippen LogP contribution is 2.24. The maximum absolute atomic E-state index is 5.71. The molecule has 2 aromatic rings. The normalized spacial score (nSPS) is 10.4. The first-order valence-corrected chi connectivity index (χ1v) is 4.19. The number of aromatic nitrogens is 3. The van der Waals surface area contributed by atoms with Crippen LogP contribution in [0.2, 0.25) is 0 Å². The molecule has 2 rings (SSSR count). The van der Waals surface area contributed by atoms with Crippen LogP contribution in [0.3, 0.4) is 0 Å². The van der Waals surface area contributed by atoms with E-state index in [2.05, 4.69) is 15.2 Å². The van der Waals surface area contributed by atoms with E-state index in [4.69, 9.17) is 10.2 Å². The van der Waals surface area contributed by atoms with Crippen LogP contribution in [0.25, 0.3) is 11.5 Å². The van der Waals surface area contributed by atoms with Gasteiger partial charge < -0.3 is 10.2 Å². The molecule has 0 unspecified atom stereocenters. The number of aryl methyl sites for hydroxylation is 2. The molecule has 72 valence electrons. The minimum atomic E-state index is 0.493. The smallest absolute Gasteiger partial charge is 0.230 e. The van der Waals surface area contributed by atoms with Crippen molar-refractivity contribution in [3.05, 3.63) is 23.8 Å². The van der Waals surface area contributed by atoms with E-state index < -0.39 is 0 Å². The highest BCUT2D eigenvalue weighted by molar-refractivity contribution is 5.68. The summed E-state index contributed by atoms with van der Waals surface area (Å²) in [6, 6.07) is 0. The zero-order valence-corrected chi connectivity index (χ0v) is 7.98. The molecule has 0 radical (unpaired) electrons. The molecular formula is C9H10N4O. The van der Waals surface area contributed by atoms with Gasteiger partial charge in [-0.15, -0.1) is 0 Å². The lowest BCUT2D eigenvalue weighted by molar-refractivity contribution is 0.540. The van der Waals surface area contributed by atoms with Crippen LogP contribution in [0.15, 0.2) is 16.8 Å². The molecule has 0 spiro atoms. The number of hydrogen-bond donors (Lipinski definition) is 1. The zero-order valence-electron chi connectivity index (χ0n) is 7.98. The highest BCUT2D eigenvalue weighted by Gasteiger charge is 2.11. The van der Waals surface area contributed by atoms with E-state index in [1.165, 1.54) is 6.20 Å². The fourth-order valence-corrected chi connectivity index (χ4v) is 1.10. The van der Waals surface area contributed by atoms with Crippen molar-refractivity contribution in [1.82, 2.24) is 15.2 Å². The largest absolute Gasteiger partial charge is 0.441 e. The van der Waals surface area contributed by atoms with Crippen molar-refractivity contribution in [1.29, 1.82) is 0 Å². The van der Waals surface area contributed by atoms with E-state index in [1.54, 1.807) is 6.20 Å². The molecule has 0 saturated heterocycles. The molecule has 0 aromatic carbocycles. The number of nitrogens with zero attached hydrogens (tertiary/aromatic N) is 3. The number of nitrogens with two attached hydrogens (primary N) is 1. The maximum atomic E-state index is 5.71. The second-order valence-electron chi connectivity index (χ2n) is 3.02. The molecule has 5 nitrogen and oxygen atoms in total. The van der Waals surface area contributed by atoms with Crippen molar-refractivity contribution in [3.8, 4) is 11.5 Å². The van der Waals surface area contributed by atoms with E-state index in [0.29, 0.717) is 17.1 Å². The third-order valence-corrected chi connectivity index (χ3v) is 2.02. The molecule has 0 saturated carbocycles. The Labute approximate surface area is 81.0 Å². The van der Waals surface area contributed by atoms with Gasteiger partial charge in [0.2, 0.25) is 5.89 Å². The third-order valence-electron chi connectivity index (χ3n) is 2.02. The minimum Gasteiger partial charge on any atom is -0.441 e. The summed E-state index contributed by atoms with van der Waals surface area (Å²) in [5.74, 6) is 1.28. The maximum Gasteiger partial charge on any atom is 0.230 e. The predicted octanol–water partition coefficient (Wildman–Crippen LogP) is 1.33. The van der Waals surface area contributed by atoms with Gasteiger partial charge in [0.05, 0.1) is 29.3 Å². The number of oxazole rings is 1. The van der Waals surface area contributed by atoms with Crippen molar-refractivity contribution < 1.29 is 4.42 Å². The van der Waals surface area contributed by atoms with Gasteiger partial charge in [-0.3, -0.25) is 0 Å². The van der Waals surface area contributed by atoms with E-state index in [1.807, 2.05) is 13.8 Å². The summed E-state index contributed by atoms with van der Waals surface area (Å²) in [5, 5.41) is 7.39. The van der Waals surface area contributed by atoms with Crippen LogP contribution in [0.1, 0.15) is 11.5 Å². The fourth-order valence-electron chi connectivity index (χ4n) is 1.10. The molecule has 0 atom stereocenters. The minimum absolute atomic E-state index is 0.493. The van der Waals surface area contributed by atoms with E-state index in [9.17, 15) is 0 Å². The molecule has 0 bridgehead atoms. The second-order valence-corrected chi connectivity index (χ2v) is 3.02. The topological polar surface area (TPSA) is 77.8 Å². The van der Waals surface area contributed by atoms with Gasteiger partial charge in [-0.05, 0) is 13.8 Å². The monoisotopic (exact) mass is 190 g/mol. The summed E-state index contributed by atoms with van der Waals surface area (Å²) in [5.41, 5.74) is 7.76. The lowest BCUT2D eigenvalue weighted by atomic mass is 10.3. The van der Waals surface area contributed by atoms with Gasteiger partial charge in [0, 0.05) is 0 Å². The summed E-state index contributed by atoms with van der Waals surface area (Å²) in [7, 11) is 0. The van der Waals surface area contributed by atoms with Crippen molar-refractivity contribution in [2.75, 3.05) is 5.73 Å². The quantitative estimate of drug-likeness (QED) is 0.733. The molecule has 2 N–H and O–H groups in total. The summed E-state index contributed by atoms with van der Waals surface area (Å²) in [4.78, 5) is 4.23. The fraction of sp³-hybridized carbons (Fsp3) is 0.222. The molecule has 0 aliphatic carbocycles. The van der Waals surface area contributed by atoms with Gasteiger partial charge in [0.1, 0.15) is 5.76 Å². The molecule has 0 aliphatic heterocycles. The Bertz CT molecular complexity index is 444. The van der Waals surface area contributed by atoms with Crippen LogP contribution >= 0.6 is 0 Å². The van der Waals surface area contributed by atoms with Crippen LogP contribution < -0.4 is 5.73 Å². The van der Waals surface area contributed by atoms with Crippen LogP contribution in [0, 0.1) is 13.8 Å². The van der Waals surface area contributed by atoms with Crippen LogP contribution in [0.4, 0.5) is 5.69 Å². The van der Waals surface area contributed by atoms with Crippen LogP contribution in [0.5, 0.6) is 0 Å². The van der Waals surface area contributed by atoms with E-state index >= 15 is 0 Å². The third kappa shape index (κ3) is 1.32. The van der Waals surface area contributed by atoms with Crippen molar-refractivity contribution in [2.45, 2.75) is 13.8 Å². The average Bonchev–Trinajstić information content (AvgIpc) is 2.48. The van der Waals surface area contributed by atoms with Gasteiger partial charge in [0.25, 0.3) is 0 Å². The lowest BCUT2D eigenvalue weighted by Crippen LogP contribution is -1.93. The number of hydrogen-bond acceptors (Lipinski definition) is 5. The van der Waals surface area contributed by atoms with Crippen molar-refractivity contribution >= 4 is 5.69 Å². The lowest BCUT2D eigenvalue weighted by Gasteiger charge is -1.97. The Balaban J connectivity index is 2.55. The molecule has 0 aliphatic rings. The van der Waals surface area contributed by atoms with Gasteiger partial charge in [0.15, 0.2) is 0 Å². The first-order valence-electron chi connectivity index (χ1n) is 4.19. The van der Waals surface area contributed by atoms with Crippen molar-refractivity contribution in [2.24, 2.45) is 0 Å². The standard InChI is InChI=1S/C9H10N4O/c1-5-6(2)14-9(13-5)7-3-11-12-4-8(7)10/h3-4H,1-2H3,(H2,10,11). The van der Waals surface area contributed by atoms with Gasteiger partial charge in [-0.2, -0.15) is 10.2 Å². The Morgan fingerprint density at radius 3 is 2.50 bits per heavy atom. The Morgan fingerprint density at radius 2 is 1.93 bits per heavy atom. The summed E-state index contributed by atoms with van der Waals surface area (Å²) in [6.45, 7) is 3.74. The molecule has 0 fully saturated rings. The van der Waals surface area contributed by atoms with E-state index in [-0.39, 0.29) is 0 Å². The van der Waals surface area contributed by atoms with Crippen LogP contribution in [-0.4, -0.2) is 15.2 Å². The van der Waals surface area contributed by atoms with Gasteiger partial charge in [-0.25, -0.2) is 4.98 Å². The second kappa shape index (κ2) is 3.10. The first-order chi connectivity index (χ1) is 6.68. The van der Waals surface area contributed by atoms with Crippen molar-refractivity contribution in [3.63, 3.8) is 0 Å². The zero-order chi connectivity index (χ0) is 10.1.